The molecule has 1 N–H and O–H groups in total. The lowest BCUT2D eigenvalue weighted by Gasteiger charge is -2.29. The molecule has 1 aromatic carbocycles. The third-order valence-electron chi connectivity index (χ3n) is 2.50. The minimum absolute atomic E-state index is 0.131. The summed E-state index contributed by atoms with van der Waals surface area (Å²) in [6.45, 7) is 2.83. The molecule has 112 valence electrons. The number of benzene rings is 1. The van der Waals surface area contributed by atoms with Crippen LogP contribution >= 0.6 is 15.9 Å². The van der Waals surface area contributed by atoms with E-state index in [2.05, 4.69) is 21.2 Å². The van der Waals surface area contributed by atoms with E-state index >= 15 is 0 Å². The van der Waals surface area contributed by atoms with E-state index in [9.17, 15) is 18.4 Å². The maximum Gasteiger partial charge on any atom is 0.350 e. The first-order valence-electron chi connectivity index (χ1n) is 5.77. The summed E-state index contributed by atoms with van der Waals surface area (Å²) >= 11 is 3.02. The maximum atomic E-state index is 13.1. The van der Waals surface area contributed by atoms with Gasteiger partial charge in [-0.25, -0.2) is 18.4 Å². The van der Waals surface area contributed by atoms with Crippen LogP contribution in [-0.2, 0) is 19.1 Å². The number of carbonyl (C=O) groups excluding carboxylic acids is 2. The quantitative estimate of drug-likeness (QED) is 0.379. The average molecular weight is 362 g/mol. The van der Waals surface area contributed by atoms with Crippen molar-refractivity contribution in [3.05, 3.63) is 40.0 Å². The topological polar surface area (TPSA) is 64.6 Å². The summed E-state index contributed by atoms with van der Waals surface area (Å²) < 4.78 is 36.1. The van der Waals surface area contributed by atoms with Crippen molar-refractivity contribution in [1.82, 2.24) is 0 Å². The predicted molar refractivity (Wildman–Crippen MR) is 72.0 cm³/mol. The highest BCUT2D eigenvalue weighted by molar-refractivity contribution is 9.10. The minimum atomic E-state index is -1.34. The Morgan fingerprint density at radius 2 is 1.67 bits per heavy atom. The largest absolute Gasteiger partial charge is 0.419 e. The molecule has 1 fully saturated rings. The van der Waals surface area contributed by atoms with Gasteiger partial charge in [-0.1, -0.05) is 0 Å². The number of halogens is 3. The number of nitrogens with one attached hydrogen (secondary N) is 1. The molecular formula is C13H10BrF2NO4. The Balaban J connectivity index is 2.24. The van der Waals surface area contributed by atoms with Gasteiger partial charge in [-0.2, -0.15) is 0 Å². The normalized spacial score (nSPS) is 17.1. The van der Waals surface area contributed by atoms with E-state index in [0.29, 0.717) is 0 Å². The van der Waals surface area contributed by atoms with E-state index in [1.165, 1.54) is 13.8 Å². The summed E-state index contributed by atoms with van der Waals surface area (Å²) in [4.78, 5) is 23.3. The van der Waals surface area contributed by atoms with Crippen molar-refractivity contribution < 1.29 is 27.8 Å². The molecule has 0 radical (unpaired) electrons. The van der Waals surface area contributed by atoms with Crippen molar-refractivity contribution >= 4 is 33.6 Å². The van der Waals surface area contributed by atoms with E-state index < -0.39 is 29.4 Å². The molecule has 0 aliphatic carbocycles. The molecule has 1 aromatic rings. The third-order valence-corrected chi connectivity index (χ3v) is 3.15. The fourth-order valence-corrected chi connectivity index (χ4v) is 1.99. The van der Waals surface area contributed by atoms with Gasteiger partial charge in [-0.05, 0) is 22.0 Å². The van der Waals surface area contributed by atoms with Crippen LogP contribution in [0.4, 0.5) is 14.5 Å². The van der Waals surface area contributed by atoms with Gasteiger partial charge in [0.15, 0.2) is 17.2 Å². The van der Waals surface area contributed by atoms with Crippen LogP contribution in [0.15, 0.2) is 28.4 Å². The van der Waals surface area contributed by atoms with Crippen LogP contribution in [0.3, 0.4) is 0 Å². The Morgan fingerprint density at radius 3 is 2.24 bits per heavy atom. The zero-order valence-corrected chi connectivity index (χ0v) is 12.6. The number of cyclic esters (lactones) is 2. The van der Waals surface area contributed by atoms with Crippen LogP contribution in [0, 0.1) is 11.6 Å². The number of carbonyl (C=O) groups is 2. The molecule has 1 aliphatic heterocycles. The first-order valence-corrected chi connectivity index (χ1v) is 6.57. The Bertz CT molecular complexity index is 636. The van der Waals surface area contributed by atoms with Crippen molar-refractivity contribution in [2.75, 3.05) is 5.32 Å². The van der Waals surface area contributed by atoms with Crippen LogP contribution in [0.25, 0.3) is 0 Å². The van der Waals surface area contributed by atoms with Crippen LogP contribution in [0.1, 0.15) is 13.8 Å². The van der Waals surface area contributed by atoms with E-state index in [1.54, 1.807) is 0 Å². The van der Waals surface area contributed by atoms with Gasteiger partial charge in [0.1, 0.15) is 0 Å². The zero-order chi connectivity index (χ0) is 15.8. The fraction of sp³-hybridized carbons (Fsp3) is 0.231. The predicted octanol–water partition coefficient (Wildman–Crippen LogP) is 2.86. The molecule has 21 heavy (non-hydrogen) atoms. The number of hydrogen-bond acceptors (Lipinski definition) is 5. The summed E-state index contributed by atoms with van der Waals surface area (Å²) in [6.07, 6.45) is 1.01. The number of rotatable bonds is 2. The number of esters is 2. The maximum absolute atomic E-state index is 13.1. The smallest absolute Gasteiger partial charge is 0.350 e. The van der Waals surface area contributed by atoms with Crippen molar-refractivity contribution in [3.8, 4) is 0 Å². The van der Waals surface area contributed by atoms with E-state index in [-0.39, 0.29) is 15.7 Å². The fourth-order valence-electron chi connectivity index (χ4n) is 1.56. The summed E-state index contributed by atoms with van der Waals surface area (Å²) in [6, 6.07) is 1.79. The van der Waals surface area contributed by atoms with Crippen molar-refractivity contribution in [2.24, 2.45) is 0 Å². The first-order chi connectivity index (χ1) is 9.69. The SMILES string of the molecule is CC1(C)OC(=O)C(=CNc2cc(F)c(F)cc2Br)C(=O)O1. The average Bonchev–Trinajstić information content (AvgIpc) is 2.32. The molecular weight excluding hydrogens is 352 g/mol. The van der Waals surface area contributed by atoms with Crippen LogP contribution in [0.5, 0.6) is 0 Å². The molecule has 2 rings (SSSR count). The number of ether oxygens (including phenoxy) is 2. The lowest BCUT2D eigenvalue weighted by atomic mass is 10.2. The molecule has 0 aromatic heterocycles. The van der Waals surface area contributed by atoms with Gasteiger partial charge in [0.05, 0.1) is 5.69 Å². The van der Waals surface area contributed by atoms with Crippen LogP contribution in [-0.4, -0.2) is 17.7 Å². The van der Waals surface area contributed by atoms with Gasteiger partial charge in [-0.15, -0.1) is 0 Å². The third kappa shape index (κ3) is 3.38. The highest BCUT2D eigenvalue weighted by Crippen LogP contribution is 2.27. The lowest BCUT2D eigenvalue weighted by Crippen LogP contribution is -2.42. The number of anilines is 1. The molecule has 1 heterocycles. The highest BCUT2D eigenvalue weighted by Gasteiger charge is 2.38. The molecule has 1 aliphatic rings. The zero-order valence-electron chi connectivity index (χ0n) is 11.0. The molecule has 0 atom stereocenters. The van der Waals surface area contributed by atoms with Crippen molar-refractivity contribution in [3.63, 3.8) is 0 Å². The van der Waals surface area contributed by atoms with Crippen LogP contribution < -0.4 is 5.32 Å². The van der Waals surface area contributed by atoms with Crippen LogP contribution in [0.2, 0.25) is 0 Å². The van der Waals surface area contributed by atoms with Gasteiger partial charge >= 0.3 is 11.9 Å². The molecule has 0 spiro atoms. The number of hydrogen-bond donors (Lipinski definition) is 1. The molecule has 5 nitrogen and oxygen atoms in total. The summed E-state index contributed by atoms with van der Waals surface area (Å²) in [5, 5.41) is 2.52. The van der Waals surface area contributed by atoms with E-state index in [0.717, 1.165) is 18.3 Å². The second kappa shape index (κ2) is 5.44. The Morgan fingerprint density at radius 1 is 1.14 bits per heavy atom. The summed E-state index contributed by atoms with van der Waals surface area (Å²) in [5.41, 5.74) is -0.252. The summed E-state index contributed by atoms with van der Waals surface area (Å²) in [5.74, 6) is -5.19. The molecule has 8 heteroatoms. The lowest BCUT2D eigenvalue weighted by molar-refractivity contribution is -0.222. The highest BCUT2D eigenvalue weighted by atomic mass is 79.9. The van der Waals surface area contributed by atoms with E-state index in [1.807, 2.05) is 0 Å². The second-order valence-corrected chi connectivity index (χ2v) is 5.48. The minimum Gasteiger partial charge on any atom is -0.419 e. The van der Waals surface area contributed by atoms with Gasteiger partial charge < -0.3 is 14.8 Å². The molecule has 1 saturated heterocycles. The Labute approximate surface area is 127 Å². The van der Waals surface area contributed by atoms with Crippen molar-refractivity contribution in [2.45, 2.75) is 19.6 Å². The molecule has 0 amide bonds. The first kappa shape index (κ1) is 15.4. The van der Waals surface area contributed by atoms with Gasteiger partial charge in [-0.3, -0.25) is 0 Å². The van der Waals surface area contributed by atoms with Crippen molar-refractivity contribution in [1.29, 1.82) is 0 Å². The van der Waals surface area contributed by atoms with Gasteiger partial charge in [0.2, 0.25) is 0 Å². The second-order valence-electron chi connectivity index (χ2n) is 4.63. The van der Waals surface area contributed by atoms with Gasteiger partial charge in [0.25, 0.3) is 5.79 Å². The van der Waals surface area contributed by atoms with E-state index in [4.69, 9.17) is 9.47 Å². The monoisotopic (exact) mass is 361 g/mol. The molecule has 0 saturated carbocycles. The Hall–Kier alpha value is -1.96. The molecule has 0 unspecified atom stereocenters. The Kier molecular flexibility index (Phi) is 3.99. The summed E-state index contributed by atoms with van der Waals surface area (Å²) in [7, 11) is 0. The molecule has 0 bridgehead atoms. The van der Waals surface area contributed by atoms with Gasteiger partial charge in [0, 0.05) is 30.6 Å². The standard InChI is InChI=1S/C13H10BrF2NO4/c1-13(2)20-11(18)6(12(19)21-13)5-17-10-4-9(16)8(15)3-7(10)14/h3-5,17H,1-2H3.